The second-order valence-electron chi connectivity index (χ2n) is 5.54. The maximum absolute atomic E-state index is 13.3. The first-order chi connectivity index (χ1) is 12.6. The van der Waals surface area contributed by atoms with Gasteiger partial charge in [-0.1, -0.05) is 76.6 Å². The Bertz CT molecular complexity index is 686. The lowest BCUT2D eigenvalue weighted by molar-refractivity contribution is 0.212. The van der Waals surface area contributed by atoms with Crippen molar-refractivity contribution in [2.45, 2.75) is 26.1 Å². The van der Waals surface area contributed by atoms with E-state index in [0.29, 0.717) is 25.0 Å². The molecular formula is C20H25BrNO3P. The molecule has 0 heterocycles. The van der Waals surface area contributed by atoms with Gasteiger partial charge < -0.3 is 9.05 Å². The van der Waals surface area contributed by atoms with E-state index in [4.69, 9.17) is 14.0 Å². The van der Waals surface area contributed by atoms with E-state index in [9.17, 15) is 4.57 Å². The Morgan fingerprint density at radius 2 is 1.42 bits per heavy atom. The highest BCUT2D eigenvalue weighted by Gasteiger charge is 2.35. The Balaban J connectivity index is 2.55. The zero-order valence-electron chi connectivity index (χ0n) is 15.2. The summed E-state index contributed by atoms with van der Waals surface area (Å²) in [5, 5.41) is 0.655. The molecule has 0 saturated heterocycles. The third kappa shape index (κ3) is 5.62. The Kier molecular flexibility index (Phi) is 8.73. The number of hydrogen-bond donors (Lipinski definition) is 0. The van der Waals surface area contributed by atoms with Crippen LogP contribution in [0.2, 0.25) is 0 Å². The summed E-state index contributed by atoms with van der Waals surface area (Å²) >= 11 is 3.45. The minimum Gasteiger partial charge on any atom is -0.307 e. The highest BCUT2D eigenvalue weighted by atomic mass is 79.9. The summed E-state index contributed by atoms with van der Waals surface area (Å²) in [4.78, 5) is 4.89. The van der Waals surface area contributed by atoms with Crippen molar-refractivity contribution in [3.8, 4) is 0 Å². The zero-order chi connectivity index (χ0) is 18.8. The van der Waals surface area contributed by atoms with Crippen molar-refractivity contribution in [2.24, 2.45) is 4.99 Å². The lowest BCUT2D eigenvalue weighted by Gasteiger charge is -2.24. The van der Waals surface area contributed by atoms with Crippen LogP contribution >= 0.6 is 23.5 Å². The van der Waals surface area contributed by atoms with Gasteiger partial charge in [-0.2, -0.15) is 0 Å². The predicted octanol–water partition coefficient (Wildman–Crippen LogP) is 5.90. The molecule has 4 nitrogen and oxygen atoms in total. The second-order valence-corrected chi connectivity index (χ2v) is 8.53. The van der Waals surface area contributed by atoms with Crippen LogP contribution in [0.25, 0.3) is 0 Å². The quantitative estimate of drug-likeness (QED) is 0.264. The molecule has 1 unspecified atom stereocenters. The molecule has 26 heavy (non-hydrogen) atoms. The molecule has 0 aromatic heterocycles. The number of alkyl halides is 1. The normalized spacial score (nSPS) is 12.6. The van der Waals surface area contributed by atoms with E-state index in [0.717, 1.165) is 16.8 Å². The first kappa shape index (κ1) is 21.0. The fourth-order valence-corrected chi connectivity index (χ4v) is 5.25. The first-order valence-corrected chi connectivity index (χ1v) is 11.5. The van der Waals surface area contributed by atoms with Gasteiger partial charge >= 0.3 is 7.60 Å². The van der Waals surface area contributed by atoms with Gasteiger partial charge in [-0.05, 0) is 20.3 Å². The maximum atomic E-state index is 13.3. The number of aliphatic imine (C=N–C) groups is 1. The van der Waals surface area contributed by atoms with Gasteiger partial charge in [-0.25, -0.2) is 0 Å². The molecule has 0 aliphatic carbocycles. The lowest BCUT2D eigenvalue weighted by atomic mass is 10.0. The van der Waals surface area contributed by atoms with Crippen LogP contribution in [0.4, 0.5) is 0 Å². The van der Waals surface area contributed by atoms with Crippen LogP contribution in [-0.4, -0.2) is 30.0 Å². The van der Waals surface area contributed by atoms with Crippen LogP contribution in [-0.2, 0) is 13.6 Å². The van der Waals surface area contributed by atoms with Gasteiger partial charge in [0, 0.05) is 16.5 Å². The van der Waals surface area contributed by atoms with E-state index in [-0.39, 0.29) is 0 Å². The summed E-state index contributed by atoms with van der Waals surface area (Å²) in [5.41, 5.74) is 2.73. The second kappa shape index (κ2) is 10.8. The Morgan fingerprint density at radius 3 is 1.81 bits per heavy atom. The molecule has 140 valence electrons. The van der Waals surface area contributed by atoms with E-state index in [1.807, 2.05) is 74.5 Å². The molecule has 0 N–H and O–H groups in total. The fourth-order valence-electron chi connectivity index (χ4n) is 2.62. The molecule has 0 spiro atoms. The Labute approximate surface area is 164 Å². The molecule has 2 aromatic carbocycles. The van der Waals surface area contributed by atoms with Crippen LogP contribution in [0, 0.1) is 0 Å². The smallest absolute Gasteiger partial charge is 0.307 e. The maximum Gasteiger partial charge on any atom is 0.354 e. The number of hydrogen-bond acceptors (Lipinski definition) is 4. The molecule has 2 rings (SSSR count). The monoisotopic (exact) mass is 437 g/mol. The van der Waals surface area contributed by atoms with Crippen LogP contribution < -0.4 is 0 Å². The van der Waals surface area contributed by atoms with E-state index < -0.39 is 13.4 Å². The van der Waals surface area contributed by atoms with Crippen molar-refractivity contribution >= 4 is 29.2 Å². The van der Waals surface area contributed by atoms with Crippen molar-refractivity contribution < 1.29 is 13.6 Å². The van der Waals surface area contributed by atoms with Crippen molar-refractivity contribution in [1.29, 1.82) is 0 Å². The van der Waals surface area contributed by atoms with Gasteiger partial charge in [0.15, 0.2) is 5.78 Å². The van der Waals surface area contributed by atoms with Gasteiger partial charge in [0.05, 0.1) is 18.9 Å². The summed E-state index contributed by atoms with van der Waals surface area (Å²) in [7, 11) is -3.36. The minimum atomic E-state index is -3.36. The van der Waals surface area contributed by atoms with E-state index in [1.165, 1.54) is 0 Å². The molecule has 2 aromatic rings. The molecular weight excluding hydrogens is 413 g/mol. The van der Waals surface area contributed by atoms with Crippen LogP contribution in [0.3, 0.4) is 0 Å². The third-order valence-electron chi connectivity index (χ3n) is 3.72. The summed E-state index contributed by atoms with van der Waals surface area (Å²) in [6, 6.07) is 19.8. The minimum absolute atomic E-state index is 0.317. The summed E-state index contributed by atoms with van der Waals surface area (Å²) in [6.45, 7) is 4.26. The molecule has 0 amide bonds. The first-order valence-electron chi connectivity index (χ1n) is 8.78. The summed E-state index contributed by atoms with van der Waals surface area (Å²) in [6.07, 6.45) is 0.556. The number of halogens is 1. The van der Waals surface area contributed by atoms with E-state index in [2.05, 4.69) is 15.9 Å². The van der Waals surface area contributed by atoms with Gasteiger partial charge in [0.1, 0.15) is 0 Å². The lowest BCUT2D eigenvalue weighted by Crippen LogP contribution is -2.16. The van der Waals surface area contributed by atoms with Gasteiger partial charge in [-0.15, -0.1) is 0 Å². The van der Waals surface area contributed by atoms with Crippen molar-refractivity contribution in [1.82, 2.24) is 0 Å². The average Bonchev–Trinajstić information content (AvgIpc) is 2.67. The highest BCUT2D eigenvalue weighted by molar-refractivity contribution is 9.09. The number of benzene rings is 2. The van der Waals surface area contributed by atoms with Gasteiger partial charge in [0.2, 0.25) is 0 Å². The summed E-state index contributed by atoms with van der Waals surface area (Å²) < 4.78 is 24.5. The number of nitrogens with zero attached hydrogens (tertiary/aromatic N) is 1. The van der Waals surface area contributed by atoms with Crippen LogP contribution in [0.15, 0.2) is 65.7 Å². The van der Waals surface area contributed by atoms with Gasteiger partial charge in [0.25, 0.3) is 0 Å². The molecule has 0 fully saturated rings. The topological polar surface area (TPSA) is 47.9 Å². The molecule has 6 heteroatoms. The zero-order valence-corrected chi connectivity index (χ0v) is 17.7. The molecule has 0 radical (unpaired) electrons. The summed E-state index contributed by atoms with van der Waals surface area (Å²) in [5.74, 6) is -0.572. The van der Waals surface area contributed by atoms with Crippen LogP contribution in [0.1, 0.15) is 31.4 Å². The molecule has 1 atom stereocenters. The SMILES string of the molecule is CCOP(=O)(OCC)C(CCBr)N=C(c1ccccc1)c1ccccc1. The van der Waals surface area contributed by atoms with Crippen molar-refractivity contribution in [3.05, 3.63) is 71.8 Å². The largest absolute Gasteiger partial charge is 0.354 e. The third-order valence-corrected chi connectivity index (χ3v) is 6.52. The van der Waals surface area contributed by atoms with Crippen LogP contribution in [0.5, 0.6) is 0 Å². The fraction of sp³-hybridized carbons (Fsp3) is 0.350. The van der Waals surface area contributed by atoms with Gasteiger partial charge in [-0.3, -0.25) is 9.56 Å². The number of rotatable bonds is 10. The van der Waals surface area contributed by atoms with E-state index >= 15 is 0 Å². The van der Waals surface area contributed by atoms with Crippen molar-refractivity contribution in [3.63, 3.8) is 0 Å². The predicted molar refractivity (Wildman–Crippen MR) is 112 cm³/mol. The Morgan fingerprint density at radius 1 is 0.962 bits per heavy atom. The van der Waals surface area contributed by atoms with Crippen molar-refractivity contribution in [2.75, 3.05) is 18.5 Å². The molecule has 0 saturated carbocycles. The molecule has 0 bridgehead atoms. The average molecular weight is 438 g/mol. The molecule has 0 aliphatic rings. The van der Waals surface area contributed by atoms with E-state index in [1.54, 1.807) is 0 Å². The Hall–Kier alpha value is -1.26. The highest BCUT2D eigenvalue weighted by Crippen LogP contribution is 2.55. The standard InChI is InChI=1S/C20H25BrNO3P/c1-3-24-26(23,25-4-2)19(15-16-21)22-20(17-11-7-5-8-12-17)18-13-9-6-10-14-18/h5-14,19H,3-4,15-16H2,1-2H3. The molecule has 0 aliphatic heterocycles.